The Balaban J connectivity index is 3.03. The van der Waals surface area contributed by atoms with Crippen molar-refractivity contribution in [1.82, 2.24) is 0 Å². The van der Waals surface area contributed by atoms with Crippen LogP contribution in [-0.4, -0.2) is 11.9 Å². The van der Waals surface area contributed by atoms with Crippen molar-refractivity contribution in [1.29, 1.82) is 0 Å². The van der Waals surface area contributed by atoms with Gasteiger partial charge in [0.15, 0.2) is 0 Å². The standard InChI is InChI=1S/C12H16N2O4/c1-7(15)17-12(18-8(2)16)9-3-4-11(14)10(5-9)6-13/h3-5,12H,6,13-14H2,1-2H3. The predicted octanol–water partition coefficient (Wildman–Crippen LogP) is 0.852. The Bertz CT molecular complexity index is 443. The lowest BCUT2D eigenvalue weighted by Crippen LogP contribution is -2.15. The number of ether oxygens (including phenoxy) is 2. The maximum Gasteiger partial charge on any atom is 0.305 e. The molecular weight excluding hydrogens is 236 g/mol. The summed E-state index contributed by atoms with van der Waals surface area (Å²) in [6, 6.07) is 4.88. The molecule has 0 fully saturated rings. The van der Waals surface area contributed by atoms with Crippen LogP contribution >= 0.6 is 0 Å². The van der Waals surface area contributed by atoms with Gasteiger partial charge in [0.2, 0.25) is 0 Å². The van der Waals surface area contributed by atoms with Gasteiger partial charge >= 0.3 is 11.9 Å². The summed E-state index contributed by atoms with van der Waals surface area (Å²) in [7, 11) is 0. The SMILES string of the molecule is CC(=O)OC(OC(C)=O)c1ccc(N)c(CN)c1. The van der Waals surface area contributed by atoms with Gasteiger partial charge in [0.1, 0.15) is 0 Å². The average molecular weight is 252 g/mol. The van der Waals surface area contributed by atoms with E-state index in [2.05, 4.69) is 0 Å². The third kappa shape index (κ3) is 3.74. The third-order valence-electron chi connectivity index (χ3n) is 2.21. The van der Waals surface area contributed by atoms with Crippen LogP contribution in [0.25, 0.3) is 0 Å². The van der Waals surface area contributed by atoms with Gasteiger partial charge in [-0.1, -0.05) is 0 Å². The van der Waals surface area contributed by atoms with Crippen LogP contribution in [0.1, 0.15) is 31.3 Å². The number of esters is 2. The lowest BCUT2D eigenvalue weighted by molar-refractivity contribution is -0.186. The molecule has 0 aliphatic heterocycles. The van der Waals surface area contributed by atoms with Gasteiger partial charge in [-0.3, -0.25) is 9.59 Å². The molecule has 98 valence electrons. The minimum absolute atomic E-state index is 0.243. The molecule has 0 bridgehead atoms. The average Bonchev–Trinajstić information content (AvgIpc) is 2.27. The van der Waals surface area contributed by atoms with E-state index in [9.17, 15) is 9.59 Å². The number of anilines is 1. The van der Waals surface area contributed by atoms with Crippen LogP contribution in [0.3, 0.4) is 0 Å². The molecule has 0 aliphatic carbocycles. The Hall–Kier alpha value is -2.08. The molecule has 4 N–H and O–H groups in total. The highest BCUT2D eigenvalue weighted by Gasteiger charge is 2.18. The summed E-state index contributed by atoms with van der Waals surface area (Å²) in [5.41, 5.74) is 13.0. The molecule has 18 heavy (non-hydrogen) atoms. The number of rotatable bonds is 4. The minimum Gasteiger partial charge on any atom is -0.421 e. The lowest BCUT2D eigenvalue weighted by atomic mass is 10.1. The molecular formula is C12H16N2O4. The van der Waals surface area contributed by atoms with Crippen molar-refractivity contribution in [2.24, 2.45) is 5.73 Å². The molecule has 0 aliphatic rings. The fraction of sp³-hybridized carbons (Fsp3) is 0.333. The van der Waals surface area contributed by atoms with Gasteiger partial charge in [-0.05, 0) is 23.8 Å². The number of carbonyl (C=O) groups is 2. The highest BCUT2D eigenvalue weighted by atomic mass is 16.7. The number of benzene rings is 1. The van der Waals surface area contributed by atoms with Crippen molar-refractivity contribution in [3.63, 3.8) is 0 Å². The largest absolute Gasteiger partial charge is 0.421 e. The smallest absolute Gasteiger partial charge is 0.305 e. The minimum atomic E-state index is -1.08. The van der Waals surface area contributed by atoms with Crippen molar-refractivity contribution in [2.45, 2.75) is 26.7 Å². The van der Waals surface area contributed by atoms with E-state index in [-0.39, 0.29) is 6.54 Å². The molecule has 0 spiro atoms. The van der Waals surface area contributed by atoms with Crippen LogP contribution in [0, 0.1) is 0 Å². The summed E-state index contributed by atoms with van der Waals surface area (Å²) >= 11 is 0. The Morgan fingerprint density at radius 1 is 1.22 bits per heavy atom. The maximum atomic E-state index is 11.0. The van der Waals surface area contributed by atoms with Crippen molar-refractivity contribution in [3.8, 4) is 0 Å². The number of hydrogen-bond acceptors (Lipinski definition) is 6. The van der Waals surface area contributed by atoms with Gasteiger partial charge in [-0.25, -0.2) is 0 Å². The van der Waals surface area contributed by atoms with E-state index in [0.29, 0.717) is 16.8 Å². The van der Waals surface area contributed by atoms with Gasteiger partial charge in [0.05, 0.1) is 0 Å². The summed E-state index contributed by atoms with van der Waals surface area (Å²) in [5.74, 6) is -1.10. The molecule has 0 amide bonds. The van der Waals surface area contributed by atoms with Crippen LogP contribution in [0.15, 0.2) is 18.2 Å². The fourth-order valence-electron chi connectivity index (χ4n) is 1.41. The van der Waals surface area contributed by atoms with Gasteiger partial charge in [-0.2, -0.15) is 0 Å². The maximum absolute atomic E-state index is 11.0. The number of hydrogen-bond donors (Lipinski definition) is 2. The molecule has 1 rings (SSSR count). The molecule has 0 atom stereocenters. The fourth-order valence-corrected chi connectivity index (χ4v) is 1.41. The first kappa shape index (κ1) is 14.0. The number of nitrogens with two attached hydrogens (primary N) is 2. The van der Waals surface area contributed by atoms with Crippen molar-refractivity contribution >= 4 is 17.6 Å². The third-order valence-corrected chi connectivity index (χ3v) is 2.21. The van der Waals surface area contributed by atoms with Crippen LogP contribution < -0.4 is 11.5 Å². The quantitative estimate of drug-likeness (QED) is 0.467. The van der Waals surface area contributed by atoms with E-state index in [1.54, 1.807) is 18.2 Å². The highest BCUT2D eigenvalue weighted by molar-refractivity contribution is 5.68. The molecule has 0 saturated carbocycles. The molecule has 0 aromatic heterocycles. The molecule has 1 aromatic carbocycles. The Morgan fingerprint density at radius 3 is 2.22 bits per heavy atom. The molecule has 0 heterocycles. The zero-order valence-electron chi connectivity index (χ0n) is 10.3. The first-order chi connectivity index (χ1) is 8.43. The second kappa shape index (κ2) is 6.02. The van der Waals surface area contributed by atoms with E-state index in [0.717, 1.165) is 0 Å². The van der Waals surface area contributed by atoms with E-state index in [1.807, 2.05) is 0 Å². The zero-order chi connectivity index (χ0) is 13.7. The normalized spacial score (nSPS) is 10.2. The van der Waals surface area contributed by atoms with Crippen molar-refractivity contribution in [2.75, 3.05) is 5.73 Å². The Labute approximate surface area is 105 Å². The molecule has 1 aromatic rings. The first-order valence-electron chi connectivity index (χ1n) is 5.37. The zero-order valence-corrected chi connectivity index (χ0v) is 10.3. The van der Waals surface area contributed by atoms with Crippen LogP contribution in [0.4, 0.5) is 5.69 Å². The molecule has 6 heteroatoms. The van der Waals surface area contributed by atoms with E-state index < -0.39 is 18.2 Å². The van der Waals surface area contributed by atoms with Gasteiger partial charge in [-0.15, -0.1) is 0 Å². The molecule has 0 saturated heterocycles. The summed E-state index contributed by atoms with van der Waals surface area (Å²) in [6.07, 6.45) is -1.08. The Morgan fingerprint density at radius 2 is 1.78 bits per heavy atom. The van der Waals surface area contributed by atoms with Gasteiger partial charge < -0.3 is 20.9 Å². The first-order valence-corrected chi connectivity index (χ1v) is 5.37. The van der Waals surface area contributed by atoms with E-state index >= 15 is 0 Å². The van der Waals surface area contributed by atoms with Crippen molar-refractivity contribution in [3.05, 3.63) is 29.3 Å². The monoisotopic (exact) mass is 252 g/mol. The Kier molecular flexibility index (Phi) is 4.67. The van der Waals surface area contributed by atoms with Crippen LogP contribution in [0.2, 0.25) is 0 Å². The predicted molar refractivity (Wildman–Crippen MR) is 65.0 cm³/mol. The molecule has 0 unspecified atom stereocenters. The number of carbonyl (C=O) groups excluding carboxylic acids is 2. The molecule has 0 radical (unpaired) electrons. The number of nitrogen functional groups attached to an aromatic ring is 1. The van der Waals surface area contributed by atoms with Crippen molar-refractivity contribution < 1.29 is 19.1 Å². The summed E-state index contributed by atoms with van der Waals surface area (Å²) in [4.78, 5) is 21.9. The summed E-state index contributed by atoms with van der Waals surface area (Å²) < 4.78 is 9.85. The summed E-state index contributed by atoms with van der Waals surface area (Å²) in [5, 5.41) is 0. The highest BCUT2D eigenvalue weighted by Crippen LogP contribution is 2.23. The van der Waals surface area contributed by atoms with E-state index in [4.69, 9.17) is 20.9 Å². The topological polar surface area (TPSA) is 105 Å². The summed E-state index contributed by atoms with van der Waals surface area (Å²) in [6.45, 7) is 2.71. The molecule has 6 nitrogen and oxygen atoms in total. The van der Waals surface area contributed by atoms with Crippen LogP contribution in [-0.2, 0) is 25.6 Å². The van der Waals surface area contributed by atoms with Crippen LogP contribution in [0.5, 0.6) is 0 Å². The second-order valence-electron chi connectivity index (χ2n) is 3.71. The lowest BCUT2D eigenvalue weighted by Gasteiger charge is -2.18. The van der Waals surface area contributed by atoms with Gasteiger partial charge in [0.25, 0.3) is 6.29 Å². The van der Waals surface area contributed by atoms with E-state index in [1.165, 1.54) is 13.8 Å². The van der Waals surface area contributed by atoms with Gasteiger partial charge in [0, 0.05) is 31.6 Å². The second-order valence-corrected chi connectivity index (χ2v) is 3.71.